The van der Waals surface area contributed by atoms with Gasteiger partial charge in [0, 0.05) is 88.0 Å². The third-order valence-electron chi connectivity index (χ3n) is 10.6. The lowest BCUT2D eigenvalue weighted by Crippen LogP contribution is -2.43. The number of allylic oxidation sites excluding steroid dienone is 2. The van der Waals surface area contributed by atoms with Gasteiger partial charge < -0.3 is 40.5 Å². The minimum absolute atomic E-state index is 0.230. The molecule has 5 aromatic rings. The molecule has 19 nitrogen and oxygen atoms in total. The molecule has 1 aromatic carbocycles. The average molecular weight is 841 g/mol. The number of rotatable bonds is 15. The summed E-state index contributed by atoms with van der Waals surface area (Å²) in [4.78, 5) is 66.7. The van der Waals surface area contributed by atoms with Crippen LogP contribution in [-0.4, -0.2) is 113 Å². The zero-order chi connectivity index (χ0) is 42.5. The van der Waals surface area contributed by atoms with Crippen molar-refractivity contribution in [3.63, 3.8) is 0 Å². The summed E-state index contributed by atoms with van der Waals surface area (Å²) in [6.07, 6.45) is 5.18. The summed E-state index contributed by atoms with van der Waals surface area (Å²) in [5.41, 5.74) is 15.8. The van der Waals surface area contributed by atoms with E-state index in [9.17, 15) is 19.2 Å². The Morgan fingerprint density at radius 2 is 1.62 bits per heavy atom. The van der Waals surface area contributed by atoms with E-state index in [1.807, 2.05) is 49.0 Å². The summed E-state index contributed by atoms with van der Waals surface area (Å²) in [5.74, 6) is -0.786. The van der Waals surface area contributed by atoms with Gasteiger partial charge in [0.1, 0.15) is 22.7 Å². The first-order chi connectivity index (χ1) is 28.9. The second-order valence-electron chi connectivity index (χ2n) is 14.7. The van der Waals surface area contributed by atoms with Crippen LogP contribution in [0.15, 0.2) is 41.4 Å². The number of benzene rings is 1. The number of aryl methyl sites for hydroxylation is 4. The molecule has 1 saturated heterocycles. The number of thiazole rings is 1. The third kappa shape index (κ3) is 9.19. The highest BCUT2D eigenvalue weighted by molar-refractivity contribution is 7.09. The highest BCUT2D eigenvalue weighted by atomic mass is 32.1. The van der Waals surface area contributed by atoms with E-state index in [1.165, 1.54) is 11.3 Å². The molecule has 0 aliphatic carbocycles. The van der Waals surface area contributed by atoms with Crippen LogP contribution in [0.4, 0.5) is 10.7 Å². The fourth-order valence-electron chi connectivity index (χ4n) is 7.60. The first-order valence-electron chi connectivity index (χ1n) is 20.2. The van der Waals surface area contributed by atoms with Gasteiger partial charge in [-0.1, -0.05) is 23.5 Å². The Bertz CT molecular complexity index is 2520. The van der Waals surface area contributed by atoms with Crippen LogP contribution in [0.25, 0.3) is 11.0 Å². The number of nitrogens with zero attached hydrogens (tertiary/aromatic N) is 10. The van der Waals surface area contributed by atoms with Crippen LogP contribution in [0, 0.1) is 13.8 Å². The van der Waals surface area contributed by atoms with Crippen LogP contribution < -0.4 is 31.6 Å². The van der Waals surface area contributed by atoms with E-state index in [0.717, 1.165) is 55.4 Å². The monoisotopic (exact) mass is 840 g/mol. The topological polar surface area (TPSA) is 231 Å². The van der Waals surface area contributed by atoms with Gasteiger partial charge in [-0.3, -0.25) is 29.1 Å². The number of nitrogens with one attached hydrogen (secondary N) is 2. The summed E-state index contributed by atoms with van der Waals surface area (Å²) >= 11 is 1.35. The fourth-order valence-corrected chi connectivity index (χ4v) is 8.79. The Kier molecular flexibility index (Phi) is 12.9. The Labute approximate surface area is 350 Å². The Balaban J connectivity index is 1.23. The molecule has 20 heteroatoms. The minimum atomic E-state index is -0.631. The molecule has 0 unspecified atom stereocenters. The van der Waals surface area contributed by atoms with Crippen molar-refractivity contribution >= 4 is 52.1 Å². The molecule has 0 atom stereocenters. The molecule has 0 radical (unpaired) electrons. The summed E-state index contributed by atoms with van der Waals surface area (Å²) in [6, 6.07) is 6.16. The highest BCUT2D eigenvalue weighted by Crippen LogP contribution is 2.32. The molecule has 318 valence electrons. The number of anilines is 1. The van der Waals surface area contributed by atoms with E-state index < -0.39 is 23.8 Å². The first-order valence-corrected chi connectivity index (χ1v) is 21.1. The van der Waals surface area contributed by atoms with E-state index in [2.05, 4.69) is 30.7 Å². The molecular weight excluding hydrogens is 789 g/mol. The Morgan fingerprint density at radius 1 is 0.933 bits per heavy atom. The lowest BCUT2D eigenvalue weighted by molar-refractivity contribution is 0.0983. The van der Waals surface area contributed by atoms with Crippen molar-refractivity contribution < 1.29 is 23.9 Å². The molecular formula is C40H52N14O5S. The number of imidazole rings is 1. The molecule has 2 aliphatic heterocycles. The van der Waals surface area contributed by atoms with E-state index in [-0.39, 0.29) is 18.1 Å². The fraction of sp³-hybridized carbons (Fsp3) is 0.450. The van der Waals surface area contributed by atoms with Gasteiger partial charge in [0.25, 0.3) is 11.8 Å². The molecule has 2 aliphatic rings. The number of fused-ring (bicyclic) bond motifs is 2. The molecule has 1 fully saturated rings. The van der Waals surface area contributed by atoms with Gasteiger partial charge in [-0.05, 0) is 58.4 Å². The van der Waals surface area contributed by atoms with Crippen LogP contribution in [-0.2, 0) is 39.1 Å². The first kappa shape index (κ1) is 42.0. The summed E-state index contributed by atoms with van der Waals surface area (Å²) in [7, 11) is 0. The minimum Gasteiger partial charge on any atom is -0.491 e. The second kappa shape index (κ2) is 18.4. The smallest absolute Gasteiger partial charge is 0.315 e. The number of piperazine rings is 1. The van der Waals surface area contributed by atoms with Crippen molar-refractivity contribution in [3.8, 4) is 5.75 Å². The van der Waals surface area contributed by atoms with Crippen LogP contribution in [0.5, 0.6) is 5.75 Å². The van der Waals surface area contributed by atoms with Gasteiger partial charge in [0.15, 0.2) is 4.80 Å². The normalized spacial score (nSPS) is 14.9. The molecule has 4 aromatic heterocycles. The largest absolute Gasteiger partial charge is 0.491 e. The van der Waals surface area contributed by atoms with E-state index in [0.29, 0.717) is 84.4 Å². The molecule has 6 heterocycles. The zero-order valence-corrected chi connectivity index (χ0v) is 35.3. The summed E-state index contributed by atoms with van der Waals surface area (Å²) in [5, 5.41) is 15.2. The molecule has 7 rings (SSSR count). The maximum Gasteiger partial charge on any atom is 0.315 e. The number of primary amides is 2. The Morgan fingerprint density at radius 3 is 2.30 bits per heavy atom. The van der Waals surface area contributed by atoms with Gasteiger partial charge in [-0.25, -0.2) is 9.78 Å². The molecule has 60 heavy (non-hydrogen) atoms. The van der Waals surface area contributed by atoms with E-state index >= 15 is 0 Å². The maximum atomic E-state index is 13.8. The molecule has 6 N–H and O–H groups in total. The van der Waals surface area contributed by atoms with Crippen LogP contribution in [0.1, 0.15) is 73.6 Å². The van der Waals surface area contributed by atoms with Crippen molar-refractivity contribution in [3.05, 3.63) is 80.1 Å². The van der Waals surface area contributed by atoms with E-state index in [1.54, 1.807) is 38.5 Å². The van der Waals surface area contributed by atoms with Crippen molar-refractivity contribution in [1.82, 2.24) is 48.8 Å². The number of urea groups is 1. The maximum absolute atomic E-state index is 13.8. The molecule has 5 amide bonds. The van der Waals surface area contributed by atoms with Crippen molar-refractivity contribution in [1.29, 1.82) is 0 Å². The van der Waals surface area contributed by atoms with Crippen molar-refractivity contribution in [2.75, 3.05) is 51.2 Å². The SMILES string of the molecule is CCn1nc(C)cc1C(=O)N=c1sc2c(n1C/C=C/Cn1c(NC(=O)c3cc(C)nn3CC)nc3cc(C(N)=O)cc(OCCCN4CCNCC4)c31)CCN(C(N)=O)C2. The number of amides is 5. The van der Waals surface area contributed by atoms with Gasteiger partial charge in [0.2, 0.25) is 11.9 Å². The molecule has 0 saturated carbocycles. The highest BCUT2D eigenvalue weighted by Gasteiger charge is 2.25. The number of hydrogen-bond acceptors (Lipinski definition) is 11. The lowest BCUT2D eigenvalue weighted by atomic mass is 10.1. The Hall–Kier alpha value is -6.12. The number of carbonyl (C=O) groups excluding carboxylic acids is 4. The van der Waals surface area contributed by atoms with Gasteiger partial charge in [-0.15, -0.1) is 0 Å². The standard InChI is InChI=1S/C40H52N14O5S/c1-5-53-30(20-25(3)47-53)36(56)45-39-44-28-22-27(35(41)55)23-32(59-19-9-13-49-17-11-43-12-18-49)34(28)52(39)15-8-7-14-51-29-10-16-50(38(42)58)24-33(29)60-40(51)46-37(57)31-21-26(4)48-54(31)6-2/h7-8,20-23,43H,5-6,9-19,24H2,1-4H3,(H2,41,55)(H2,42,58)(H,44,45,56)/b8-7+,46-40?. The molecule has 0 bridgehead atoms. The average Bonchev–Trinajstić information content (AvgIpc) is 4.00. The predicted molar refractivity (Wildman–Crippen MR) is 226 cm³/mol. The van der Waals surface area contributed by atoms with Crippen molar-refractivity contribution in [2.24, 2.45) is 16.5 Å². The van der Waals surface area contributed by atoms with Gasteiger partial charge in [0.05, 0.1) is 30.1 Å². The van der Waals surface area contributed by atoms with Gasteiger partial charge in [-0.2, -0.15) is 15.2 Å². The van der Waals surface area contributed by atoms with Crippen LogP contribution in [0.3, 0.4) is 0 Å². The predicted octanol–water partition coefficient (Wildman–Crippen LogP) is 2.41. The lowest BCUT2D eigenvalue weighted by Gasteiger charge is -2.27. The number of ether oxygens (including phenoxy) is 1. The van der Waals surface area contributed by atoms with Gasteiger partial charge >= 0.3 is 6.03 Å². The van der Waals surface area contributed by atoms with Crippen LogP contribution in [0.2, 0.25) is 0 Å². The number of carbonyl (C=O) groups is 4. The van der Waals surface area contributed by atoms with Crippen LogP contribution >= 0.6 is 11.3 Å². The number of hydrogen-bond donors (Lipinski definition) is 4. The summed E-state index contributed by atoms with van der Waals surface area (Å²) in [6.45, 7) is 14.9. The third-order valence-corrected chi connectivity index (χ3v) is 11.7. The number of aromatic nitrogens is 7. The second-order valence-corrected chi connectivity index (χ2v) is 15.8. The van der Waals surface area contributed by atoms with E-state index in [4.69, 9.17) is 21.2 Å². The summed E-state index contributed by atoms with van der Waals surface area (Å²) < 4.78 is 13.5. The molecule has 0 spiro atoms. The zero-order valence-electron chi connectivity index (χ0n) is 34.4. The number of nitrogens with two attached hydrogens (primary N) is 2. The van der Waals surface area contributed by atoms with Crippen molar-refractivity contribution in [2.45, 2.75) is 73.3 Å². The quantitative estimate of drug-likeness (QED) is 0.0889.